The number of rotatable bonds is 2. The normalized spacial score (nSPS) is 15.2. The first-order valence-electron chi connectivity index (χ1n) is 10.4. The number of carbonyl (C=O) groups excluding carboxylic acids is 2. The van der Waals surface area contributed by atoms with E-state index >= 15 is 0 Å². The van der Waals surface area contributed by atoms with E-state index in [1.807, 2.05) is 13.8 Å². The second-order valence-electron chi connectivity index (χ2n) is 7.53. The van der Waals surface area contributed by atoms with Crippen LogP contribution in [0.3, 0.4) is 0 Å². The Bertz CT molecular complexity index is 1220. The van der Waals surface area contributed by atoms with Gasteiger partial charge in [0.15, 0.2) is 5.82 Å². The lowest BCUT2D eigenvalue weighted by Crippen LogP contribution is -2.64. The molecule has 10 nitrogen and oxygen atoms in total. The minimum Gasteiger partial charge on any atom is -0.382 e. The van der Waals surface area contributed by atoms with E-state index in [1.54, 1.807) is 47.9 Å². The molecular formula is C22H26N8O2. The number of hydrogen-bond donors (Lipinski definition) is 1. The summed E-state index contributed by atoms with van der Waals surface area (Å²) in [5, 5.41) is 13.7. The SMILES string of the molecule is CC.CC(=O)N1CCN(c2cccc(-c3cc(C#N)c4c(N)ncnn34)n2)C(=O)C1(C)C. The summed E-state index contributed by atoms with van der Waals surface area (Å²) in [6.45, 7) is 9.67. The van der Waals surface area contributed by atoms with Crippen LogP contribution in [0.4, 0.5) is 11.6 Å². The molecule has 0 atom stereocenters. The van der Waals surface area contributed by atoms with E-state index in [-0.39, 0.29) is 17.6 Å². The monoisotopic (exact) mass is 434 g/mol. The number of aromatic nitrogens is 4. The Balaban J connectivity index is 0.00000141. The summed E-state index contributed by atoms with van der Waals surface area (Å²) in [6, 6.07) is 9.04. The number of nitrogen functional groups attached to an aromatic ring is 1. The van der Waals surface area contributed by atoms with E-state index in [0.29, 0.717) is 41.4 Å². The predicted octanol–water partition coefficient (Wildman–Crippen LogP) is 2.25. The van der Waals surface area contributed by atoms with Gasteiger partial charge in [0.25, 0.3) is 5.91 Å². The highest BCUT2D eigenvalue weighted by Gasteiger charge is 2.44. The first-order valence-corrected chi connectivity index (χ1v) is 10.4. The fraction of sp³-hybridized carbons (Fsp3) is 0.364. The van der Waals surface area contributed by atoms with E-state index in [0.717, 1.165) is 0 Å². The van der Waals surface area contributed by atoms with E-state index < -0.39 is 5.54 Å². The third kappa shape index (κ3) is 3.62. The third-order valence-corrected chi connectivity index (χ3v) is 5.35. The zero-order valence-corrected chi connectivity index (χ0v) is 18.8. The first-order chi connectivity index (χ1) is 15.3. The molecule has 10 heteroatoms. The Labute approximate surface area is 186 Å². The lowest BCUT2D eigenvalue weighted by Gasteiger charge is -2.45. The average molecular weight is 435 g/mol. The van der Waals surface area contributed by atoms with Gasteiger partial charge in [-0.1, -0.05) is 19.9 Å². The smallest absolute Gasteiger partial charge is 0.253 e. The Morgan fingerprint density at radius 3 is 2.62 bits per heavy atom. The number of hydrogen-bond acceptors (Lipinski definition) is 7. The molecule has 1 fully saturated rings. The van der Waals surface area contributed by atoms with Gasteiger partial charge < -0.3 is 10.6 Å². The molecule has 32 heavy (non-hydrogen) atoms. The second kappa shape index (κ2) is 8.63. The second-order valence-corrected chi connectivity index (χ2v) is 7.53. The number of pyridine rings is 1. The van der Waals surface area contributed by atoms with Crippen molar-refractivity contribution in [3.63, 3.8) is 0 Å². The highest BCUT2D eigenvalue weighted by atomic mass is 16.2. The Morgan fingerprint density at radius 1 is 1.25 bits per heavy atom. The molecule has 0 spiro atoms. The fourth-order valence-corrected chi connectivity index (χ4v) is 3.85. The molecule has 1 saturated heterocycles. The topological polar surface area (TPSA) is 134 Å². The summed E-state index contributed by atoms with van der Waals surface area (Å²) in [7, 11) is 0. The van der Waals surface area contributed by atoms with Crippen LogP contribution in [0.5, 0.6) is 0 Å². The minimum atomic E-state index is -0.973. The molecule has 2 N–H and O–H groups in total. The predicted molar refractivity (Wildman–Crippen MR) is 121 cm³/mol. The number of carbonyl (C=O) groups is 2. The maximum absolute atomic E-state index is 13.1. The molecule has 0 unspecified atom stereocenters. The lowest BCUT2D eigenvalue weighted by molar-refractivity contribution is -0.145. The Kier molecular flexibility index (Phi) is 6.11. The molecule has 166 valence electrons. The van der Waals surface area contributed by atoms with Gasteiger partial charge in [-0.2, -0.15) is 10.4 Å². The summed E-state index contributed by atoms with van der Waals surface area (Å²) in [5.41, 5.74) is 6.79. The molecule has 3 aromatic heterocycles. The van der Waals surface area contributed by atoms with Crippen LogP contribution >= 0.6 is 0 Å². The van der Waals surface area contributed by atoms with Crippen molar-refractivity contribution in [3.8, 4) is 17.5 Å². The number of nitriles is 1. The van der Waals surface area contributed by atoms with Crippen molar-refractivity contribution in [1.29, 1.82) is 5.26 Å². The van der Waals surface area contributed by atoms with Gasteiger partial charge in [-0.3, -0.25) is 14.5 Å². The number of piperazine rings is 1. The molecule has 0 aliphatic carbocycles. The van der Waals surface area contributed by atoms with E-state index in [2.05, 4.69) is 21.1 Å². The van der Waals surface area contributed by atoms with E-state index in [1.165, 1.54) is 17.8 Å². The van der Waals surface area contributed by atoms with Crippen molar-refractivity contribution in [1.82, 2.24) is 24.5 Å². The lowest BCUT2D eigenvalue weighted by atomic mass is 9.97. The molecule has 4 rings (SSSR count). The zero-order valence-electron chi connectivity index (χ0n) is 18.8. The van der Waals surface area contributed by atoms with Gasteiger partial charge >= 0.3 is 0 Å². The maximum Gasteiger partial charge on any atom is 0.253 e. The summed E-state index contributed by atoms with van der Waals surface area (Å²) < 4.78 is 1.52. The molecule has 2 amide bonds. The highest BCUT2D eigenvalue weighted by Crippen LogP contribution is 2.30. The molecular weight excluding hydrogens is 408 g/mol. The van der Waals surface area contributed by atoms with E-state index in [9.17, 15) is 14.9 Å². The first kappa shape index (κ1) is 22.7. The Morgan fingerprint density at radius 2 is 1.97 bits per heavy atom. The summed E-state index contributed by atoms with van der Waals surface area (Å²) in [5.74, 6) is 0.305. The molecule has 0 saturated carbocycles. The molecule has 3 aromatic rings. The van der Waals surface area contributed by atoms with Crippen LogP contribution in [-0.2, 0) is 9.59 Å². The largest absolute Gasteiger partial charge is 0.382 e. The number of anilines is 2. The summed E-state index contributed by atoms with van der Waals surface area (Å²) in [6.07, 6.45) is 1.31. The van der Waals surface area contributed by atoms with Gasteiger partial charge in [0.1, 0.15) is 29.3 Å². The maximum atomic E-state index is 13.1. The van der Waals surface area contributed by atoms with Crippen molar-refractivity contribution in [2.75, 3.05) is 23.7 Å². The van der Waals surface area contributed by atoms with Crippen LogP contribution in [-0.4, -0.2) is 54.9 Å². The van der Waals surface area contributed by atoms with Crippen molar-refractivity contribution >= 4 is 29.0 Å². The molecule has 4 heterocycles. The van der Waals surface area contributed by atoms with Crippen LogP contribution in [0.2, 0.25) is 0 Å². The van der Waals surface area contributed by atoms with Crippen molar-refractivity contribution in [3.05, 3.63) is 36.2 Å². The van der Waals surface area contributed by atoms with Gasteiger partial charge in [-0.15, -0.1) is 0 Å². The van der Waals surface area contributed by atoms with Gasteiger partial charge in [-0.25, -0.2) is 14.5 Å². The molecule has 0 bridgehead atoms. The average Bonchev–Trinajstić information content (AvgIpc) is 3.17. The van der Waals surface area contributed by atoms with Crippen molar-refractivity contribution < 1.29 is 9.59 Å². The van der Waals surface area contributed by atoms with Gasteiger partial charge in [0, 0.05) is 20.0 Å². The highest BCUT2D eigenvalue weighted by molar-refractivity contribution is 6.02. The number of fused-ring (bicyclic) bond motifs is 1. The van der Waals surface area contributed by atoms with Gasteiger partial charge in [-0.05, 0) is 32.0 Å². The number of nitrogens with zero attached hydrogens (tertiary/aromatic N) is 7. The van der Waals surface area contributed by atoms with Gasteiger partial charge in [0.05, 0.1) is 17.0 Å². The van der Waals surface area contributed by atoms with E-state index in [4.69, 9.17) is 5.73 Å². The summed E-state index contributed by atoms with van der Waals surface area (Å²) in [4.78, 5) is 36.8. The standard InChI is InChI=1S/C20H20N8O2.C2H6/c1-12(29)27-8-7-26(19(30)20(27,2)3)16-6-4-5-14(25-16)15-9-13(10-21)17-18(22)23-11-24-28(15)17;1-2/h4-6,9,11H,7-8H2,1-3H3,(H2,22,23,24);1-2H3. The van der Waals surface area contributed by atoms with Crippen LogP contribution in [0.1, 0.15) is 40.2 Å². The molecule has 0 radical (unpaired) electrons. The minimum absolute atomic E-state index is 0.143. The van der Waals surface area contributed by atoms with Crippen LogP contribution in [0.25, 0.3) is 16.9 Å². The van der Waals surface area contributed by atoms with Crippen LogP contribution in [0.15, 0.2) is 30.6 Å². The molecule has 0 aromatic carbocycles. The number of amides is 2. The van der Waals surface area contributed by atoms with Crippen LogP contribution < -0.4 is 10.6 Å². The summed E-state index contributed by atoms with van der Waals surface area (Å²) >= 11 is 0. The third-order valence-electron chi connectivity index (χ3n) is 5.35. The Hall–Kier alpha value is -4.00. The van der Waals surface area contributed by atoms with Gasteiger partial charge in [0.2, 0.25) is 5.91 Å². The fourth-order valence-electron chi connectivity index (χ4n) is 3.85. The van der Waals surface area contributed by atoms with Crippen molar-refractivity contribution in [2.24, 2.45) is 0 Å². The van der Waals surface area contributed by atoms with Crippen LogP contribution in [0, 0.1) is 11.3 Å². The quantitative estimate of drug-likeness (QED) is 0.654. The molecule has 1 aliphatic heterocycles. The molecule has 1 aliphatic rings. The van der Waals surface area contributed by atoms with Crippen molar-refractivity contribution in [2.45, 2.75) is 40.2 Å². The number of nitrogens with two attached hydrogens (primary N) is 1. The zero-order chi connectivity index (χ0) is 23.6.